The highest BCUT2D eigenvalue weighted by Crippen LogP contribution is 2.27. The van der Waals surface area contributed by atoms with Gasteiger partial charge >= 0.3 is 0 Å². The van der Waals surface area contributed by atoms with Crippen molar-refractivity contribution < 1.29 is 18.0 Å². The van der Waals surface area contributed by atoms with Crippen LogP contribution in [-0.4, -0.2) is 43.8 Å². The van der Waals surface area contributed by atoms with Crippen molar-refractivity contribution in [1.82, 2.24) is 10.2 Å². The Morgan fingerprint density at radius 1 is 0.951 bits per heavy atom. The lowest BCUT2D eigenvalue weighted by Crippen LogP contribution is -2.53. The topological polar surface area (TPSA) is 86.8 Å². The van der Waals surface area contributed by atoms with E-state index in [0.717, 1.165) is 35.6 Å². The molecule has 1 aliphatic carbocycles. The van der Waals surface area contributed by atoms with Crippen LogP contribution < -0.4 is 9.62 Å². The van der Waals surface area contributed by atoms with Crippen LogP contribution in [0.5, 0.6) is 0 Å². The number of nitrogens with one attached hydrogen (secondary N) is 1. The summed E-state index contributed by atoms with van der Waals surface area (Å²) in [6.07, 6.45) is 4.26. The summed E-state index contributed by atoms with van der Waals surface area (Å²) in [5, 5.41) is 3.81. The third-order valence-electron chi connectivity index (χ3n) is 7.36. The van der Waals surface area contributed by atoms with Crippen LogP contribution in [0.2, 0.25) is 10.0 Å². The summed E-state index contributed by atoms with van der Waals surface area (Å²) in [7, 11) is -4.11. The fourth-order valence-electron chi connectivity index (χ4n) is 5.08. The molecule has 7 nitrogen and oxygen atoms in total. The summed E-state index contributed by atoms with van der Waals surface area (Å²) in [5.74, 6) is -0.760. The molecule has 0 heterocycles. The van der Waals surface area contributed by atoms with Crippen molar-refractivity contribution >= 4 is 50.7 Å². The van der Waals surface area contributed by atoms with E-state index in [2.05, 4.69) is 5.32 Å². The van der Waals surface area contributed by atoms with Gasteiger partial charge in [-0.1, -0.05) is 84.9 Å². The third kappa shape index (κ3) is 7.61. The Morgan fingerprint density at radius 2 is 1.61 bits per heavy atom. The zero-order chi connectivity index (χ0) is 29.6. The smallest absolute Gasteiger partial charge is 0.264 e. The van der Waals surface area contributed by atoms with E-state index >= 15 is 0 Å². The lowest BCUT2D eigenvalue weighted by molar-refractivity contribution is -0.140. The molecule has 1 saturated carbocycles. The molecule has 0 radical (unpaired) electrons. The molecule has 1 atom stereocenters. The molecule has 0 aliphatic heterocycles. The van der Waals surface area contributed by atoms with Crippen molar-refractivity contribution in [2.24, 2.45) is 0 Å². The lowest BCUT2D eigenvalue weighted by atomic mass is 10.1. The Morgan fingerprint density at radius 3 is 2.22 bits per heavy atom. The van der Waals surface area contributed by atoms with E-state index in [9.17, 15) is 18.0 Å². The summed E-state index contributed by atoms with van der Waals surface area (Å²) in [5.41, 5.74) is 1.94. The number of rotatable bonds is 11. The maximum Gasteiger partial charge on any atom is 0.264 e. The molecule has 0 saturated heterocycles. The number of hydrogen-bond acceptors (Lipinski definition) is 4. The van der Waals surface area contributed by atoms with Gasteiger partial charge in [-0.05, 0) is 68.1 Å². The minimum atomic E-state index is -4.11. The standard InChI is InChI=1S/C31H35Cl2N3O4S/c1-3-29(31(38)34-24-9-7-8-10-24)35(20-23-15-18-27(32)28(33)19-23)30(37)21-36(25-11-5-4-6-12-25)41(39,40)26-16-13-22(2)14-17-26/h4-6,11-19,24,29H,3,7-10,20-21H2,1-2H3,(H,34,38)/t29-/m1/s1. The molecule has 1 aliphatic rings. The van der Waals surface area contributed by atoms with Gasteiger partial charge in [0.2, 0.25) is 11.8 Å². The number of halogens is 2. The normalized spacial score (nSPS) is 14.4. The van der Waals surface area contributed by atoms with Crippen LogP contribution in [0.15, 0.2) is 77.7 Å². The maximum atomic E-state index is 14.1. The number of benzene rings is 3. The molecule has 1 fully saturated rings. The molecule has 41 heavy (non-hydrogen) atoms. The number of para-hydroxylation sites is 1. The van der Waals surface area contributed by atoms with Crippen LogP contribution in [0.3, 0.4) is 0 Å². The molecule has 0 aromatic heterocycles. The van der Waals surface area contributed by atoms with Gasteiger partial charge in [0.25, 0.3) is 10.0 Å². The second kappa shape index (κ2) is 13.7. The Hall–Kier alpha value is -3.07. The molecule has 1 N–H and O–H groups in total. The summed E-state index contributed by atoms with van der Waals surface area (Å²) in [6, 6.07) is 19.3. The van der Waals surface area contributed by atoms with Crippen LogP contribution in [0.4, 0.5) is 5.69 Å². The molecule has 218 valence electrons. The van der Waals surface area contributed by atoms with Crippen molar-refractivity contribution in [2.45, 2.75) is 69.5 Å². The first-order valence-corrected chi connectivity index (χ1v) is 16.0. The van der Waals surface area contributed by atoms with Gasteiger partial charge in [0.15, 0.2) is 0 Å². The monoisotopic (exact) mass is 615 g/mol. The van der Waals surface area contributed by atoms with Gasteiger partial charge in [-0.25, -0.2) is 8.42 Å². The highest BCUT2D eigenvalue weighted by molar-refractivity contribution is 7.92. The minimum Gasteiger partial charge on any atom is -0.352 e. The zero-order valence-electron chi connectivity index (χ0n) is 23.2. The predicted octanol–water partition coefficient (Wildman–Crippen LogP) is 6.36. The number of sulfonamides is 1. The van der Waals surface area contributed by atoms with E-state index in [0.29, 0.717) is 27.7 Å². The van der Waals surface area contributed by atoms with Gasteiger partial charge in [0, 0.05) is 12.6 Å². The number of carbonyl (C=O) groups excluding carboxylic acids is 2. The average Bonchev–Trinajstić information content (AvgIpc) is 3.47. The van der Waals surface area contributed by atoms with Crippen molar-refractivity contribution in [1.29, 1.82) is 0 Å². The molecule has 0 unspecified atom stereocenters. The van der Waals surface area contributed by atoms with E-state index in [4.69, 9.17) is 23.2 Å². The van der Waals surface area contributed by atoms with Gasteiger partial charge in [-0.2, -0.15) is 0 Å². The fourth-order valence-corrected chi connectivity index (χ4v) is 6.82. The van der Waals surface area contributed by atoms with Gasteiger partial charge in [-0.15, -0.1) is 0 Å². The SMILES string of the molecule is CC[C@H](C(=O)NC1CCCC1)N(Cc1ccc(Cl)c(Cl)c1)C(=O)CN(c1ccccc1)S(=O)(=O)c1ccc(C)cc1. The van der Waals surface area contributed by atoms with Gasteiger partial charge in [0.05, 0.1) is 20.6 Å². The van der Waals surface area contributed by atoms with E-state index in [1.807, 2.05) is 13.8 Å². The fraction of sp³-hybridized carbons (Fsp3) is 0.355. The van der Waals surface area contributed by atoms with Crippen molar-refractivity contribution in [3.8, 4) is 0 Å². The Labute approximate surface area is 252 Å². The van der Waals surface area contributed by atoms with E-state index < -0.39 is 28.5 Å². The summed E-state index contributed by atoms with van der Waals surface area (Å²) >= 11 is 12.4. The minimum absolute atomic E-state index is 0.0551. The quantitative estimate of drug-likeness (QED) is 0.272. The van der Waals surface area contributed by atoms with Crippen LogP contribution in [0.1, 0.15) is 50.2 Å². The van der Waals surface area contributed by atoms with Gasteiger partial charge < -0.3 is 10.2 Å². The molecule has 0 spiro atoms. The Balaban J connectivity index is 1.70. The molecule has 10 heteroatoms. The highest BCUT2D eigenvalue weighted by Gasteiger charge is 2.34. The van der Waals surface area contributed by atoms with E-state index in [-0.39, 0.29) is 23.4 Å². The highest BCUT2D eigenvalue weighted by atomic mass is 35.5. The molecule has 4 rings (SSSR count). The Bertz CT molecular complexity index is 1460. The van der Waals surface area contributed by atoms with Crippen molar-refractivity contribution in [2.75, 3.05) is 10.8 Å². The van der Waals surface area contributed by atoms with E-state index in [1.54, 1.807) is 60.7 Å². The second-order valence-corrected chi connectivity index (χ2v) is 13.0. The molecule has 2 amide bonds. The van der Waals surface area contributed by atoms with Crippen LogP contribution in [0, 0.1) is 6.92 Å². The molecule has 3 aromatic carbocycles. The number of anilines is 1. The first-order valence-electron chi connectivity index (χ1n) is 13.8. The maximum absolute atomic E-state index is 14.1. The zero-order valence-corrected chi connectivity index (χ0v) is 25.6. The third-order valence-corrected chi connectivity index (χ3v) is 9.88. The number of nitrogens with zero attached hydrogens (tertiary/aromatic N) is 2. The average molecular weight is 617 g/mol. The molecule has 0 bridgehead atoms. The summed E-state index contributed by atoms with van der Waals surface area (Å²) < 4.78 is 28.9. The number of hydrogen-bond donors (Lipinski definition) is 1. The largest absolute Gasteiger partial charge is 0.352 e. The number of carbonyl (C=O) groups is 2. The first-order chi connectivity index (χ1) is 19.6. The molecule has 3 aromatic rings. The second-order valence-electron chi connectivity index (χ2n) is 10.3. The van der Waals surface area contributed by atoms with Crippen LogP contribution in [0.25, 0.3) is 0 Å². The summed E-state index contributed by atoms with van der Waals surface area (Å²) in [6.45, 7) is 3.28. The molecular weight excluding hydrogens is 581 g/mol. The Kier molecular flexibility index (Phi) is 10.3. The lowest BCUT2D eigenvalue weighted by Gasteiger charge is -2.33. The van der Waals surface area contributed by atoms with Crippen molar-refractivity contribution in [3.63, 3.8) is 0 Å². The number of aryl methyl sites for hydroxylation is 1. The van der Waals surface area contributed by atoms with Gasteiger partial charge in [0.1, 0.15) is 12.6 Å². The summed E-state index contributed by atoms with van der Waals surface area (Å²) in [4.78, 5) is 29.2. The van der Waals surface area contributed by atoms with Gasteiger partial charge in [-0.3, -0.25) is 13.9 Å². The van der Waals surface area contributed by atoms with Crippen LogP contribution >= 0.6 is 23.2 Å². The number of amides is 2. The predicted molar refractivity (Wildman–Crippen MR) is 164 cm³/mol. The first kappa shape index (κ1) is 30.9. The van der Waals surface area contributed by atoms with Crippen molar-refractivity contribution in [3.05, 3.63) is 94.0 Å². The van der Waals surface area contributed by atoms with E-state index in [1.165, 1.54) is 17.0 Å². The molecular formula is C31H35Cl2N3O4S. The van der Waals surface area contributed by atoms with Crippen LogP contribution in [-0.2, 0) is 26.2 Å².